The van der Waals surface area contributed by atoms with Gasteiger partial charge in [-0.15, -0.1) is 11.3 Å². The summed E-state index contributed by atoms with van der Waals surface area (Å²) in [6.45, 7) is 10.3. The van der Waals surface area contributed by atoms with E-state index in [9.17, 15) is 0 Å². The first-order valence-electron chi connectivity index (χ1n) is 8.06. The minimum atomic E-state index is 0.618. The number of hydrogen-bond acceptors (Lipinski definition) is 3. The van der Waals surface area contributed by atoms with Crippen molar-refractivity contribution in [2.45, 2.75) is 45.8 Å². The van der Waals surface area contributed by atoms with Crippen LogP contribution in [0.5, 0.6) is 0 Å². The van der Waals surface area contributed by atoms with Crippen LogP contribution in [0, 0.1) is 5.92 Å². The Morgan fingerprint density at radius 1 is 1.33 bits per heavy atom. The third-order valence-electron chi connectivity index (χ3n) is 4.47. The molecule has 2 unspecified atom stereocenters. The molecule has 1 fully saturated rings. The molecule has 3 rings (SSSR count). The van der Waals surface area contributed by atoms with Gasteiger partial charge in [0, 0.05) is 36.4 Å². The second-order valence-corrected chi connectivity index (χ2v) is 7.68. The lowest BCUT2D eigenvalue weighted by Crippen LogP contribution is -2.55. The van der Waals surface area contributed by atoms with E-state index in [1.54, 1.807) is 0 Å². The van der Waals surface area contributed by atoms with Gasteiger partial charge in [0.15, 0.2) is 0 Å². The highest BCUT2D eigenvalue weighted by molar-refractivity contribution is 7.17. The Kier molecular flexibility index (Phi) is 4.63. The number of thiophene rings is 1. The lowest BCUT2D eigenvalue weighted by atomic mass is 9.99. The quantitative estimate of drug-likeness (QED) is 0.914. The van der Waals surface area contributed by atoms with E-state index in [-0.39, 0.29) is 0 Å². The number of hydrogen-bond donors (Lipinski definition) is 1. The third-order valence-corrected chi connectivity index (χ3v) is 5.48. The molecular weight excluding hydrogens is 276 g/mol. The summed E-state index contributed by atoms with van der Waals surface area (Å²) in [7, 11) is 0. The van der Waals surface area contributed by atoms with Gasteiger partial charge in [-0.1, -0.05) is 32.0 Å². The number of rotatable bonds is 4. The topological polar surface area (TPSA) is 15.3 Å². The number of nitrogens with zero attached hydrogens (tertiary/aromatic N) is 1. The normalized spacial score (nSPS) is 24.0. The zero-order chi connectivity index (χ0) is 14.8. The Labute approximate surface area is 132 Å². The van der Waals surface area contributed by atoms with E-state index in [1.807, 2.05) is 11.3 Å². The highest BCUT2D eigenvalue weighted by atomic mass is 32.1. The predicted molar refractivity (Wildman–Crippen MR) is 92.9 cm³/mol. The van der Waals surface area contributed by atoms with Crippen LogP contribution in [0.15, 0.2) is 29.6 Å². The predicted octanol–water partition coefficient (Wildman–Crippen LogP) is 4.11. The third kappa shape index (κ3) is 3.47. The molecule has 1 aromatic carbocycles. The Morgan fingerprint density at radius 3 is 2.95 bits per heavy atom. The molecule has 114 valence electrons. The van der Waals surface area contributed by atoms with Crippen molar-refractivity contribution in [3.8, 4) is 0 Å². The van der Waals surface area contributed by atoms with Gasteiger partial charge in [-0.3, -0.25) is 4.90 Å². The maximum absolute atomic E-state index is 3.71. The molecule has 1 saturated heterocycles. The van der Waals surface area contributed by atoms with Crippen molar-refractivity contribution in [2.24, 2.45) is 5.92 Å². The molecule has 1 N–H and O–H groups in total. The van der Waals surface area contributed by atoms with Crippen molar-refractivity contribution >= 4 is 21.4 Å². The van der Waals surface area contributed by atoms with Crippen molar-refractivity contribution in [3.05, 3.63) is 35.2 Å². The van der Waals surface area contributed by atoms with Crippen LogP contribution in [0.4, 0.5) is 0 Å². The van der Waals surface area contributed by atoms with Crippen molar-refractivity contribution in [1.29, 1.82) is 0 Å². The zero-order valence-electron chi connectivity index (χ0n) is 13.3. The summed E-state index contributed by atoms with van der Waals surface area (Å²) in [6.07, 6.45) is 1.27. The van der Waals surface area contributed by atoms with Gasteiger partial charge in [0.1, 0.15) is 0 Å². The lowest BCUT2D eigenvalue weighted by Gasteiger charge is -2.39. The van der Waals surface area contributed by atoms with E-state index in [1.165, 1.54) is 28.6 Å². The van der Waals surface area contributed by atoms with Gasteiger partial charge in [0.2, 0.25) is 0 Å². The summed E-state index contributed by atoms with van der Waals surface area (Å²) in [4.78, 5) is 2.65. The fourth-order valence-corrected chi connectivity index (χ4v) is 4.27. The van der Waals surface area contributed by atoms with Crippen LogP contribution in [0.2, 0.25) is 0 Å². The molecule has 2 atom stereocenters. The molecule has 2 aromatic rings. The Hall–Kier alpha value is -0.900. The second-order valence-electron chi connectivity index (χ2n) is 6.77. The zero-order valence-corrected chi connectivity index (χ0v) is 14.1. The van der Waals surface area contributed by atoms with Gasteiger partial charge in [-0.05, 0) is 41.7 Å². The summed E-state index contributed by atoms with van der Waals surface area (Å²) >= 11 is 1.87. The maximum atomic E-state index is 3.71. The molecule has 0 spiro atoms. The summed E-state index contributed by atoms with van der Waals surface area (Å²) in [5, 5.41) is 7.49. The molecule has 0 saturated carbocycles. The Bertz CT molecular complexity index is 590. The highest BCUT2D eigenvalue weighted by Gasteiger charge is 2.25. The molecule has 1 aromatic heterocycles. The number of benzene rings is 1. The van der Waals surface area contributed by atoms with E-state index in [0.29, 0.717) is 12.1 Å². The number of fused-ring (bicyclic) bond motifs is 1. The minimum absolute atomic E-state index is 0.618. The van der Waals surface area contributed by atoms with E-state index < -0.39 is 0 Å². The summed E-state index contributed by atoms with van der Waals surface area (Å²) in [6, 6.07) is 10.0. The van der Waals surface area contributed by atoms with Gasteiger partial charge >= 0.3 is 0 Å². The average molecular weight is 302 g/mol. The van der Waals surface area contributed by atoms with E-state index in [4.69, 9.17) is 0 Å². The largest absolute Gasteiger partial charge is 0.311 e. The van der Waals surface area contributed by atoms with Gasteiger partial charge < -0.3 is 5.32 Å². The fourth-order valence-electron chi connectivity index (χ4n) is 3.32. The SMILES string of the molecule is CC(C)CC1CN(Cc2csc3ccccc23)C(C)CN1. The molecule has 1 aliphatic rings. The molecule has 0 radical (unpaired) electrons. The second kappa shape index (κ2) is 6.47. The first-order valence-corrected chi connectivity index (χ1v) is 8.94. The summed E-state index contributed by atoms with van der Waals surface area (Å²) < 4.78 is 1.41. The standard InChI is InChI=1S/C18H26N2S/c1-13(2)8-16-11-20(14(3)9-19-16)10-15-12-21-18-7-5-4-6-17(15)18/h4-7,12-14,16,19H,8-11H2,1-3H3. The lowest BCUT2D eigenvalue weighted by molar-refractivity contribution is 0.125. The number of nitrogens with one attached hydrogen (secondary N) is 1. The molecule has 21 heavy (non-hydrogen) atoms. The van der Waals surface area contributed by atoms with Gasteiger partial charge in [-0.2, -0.15) is 0 Å². The maximum Gasteiger partial charge on any atom is 0.0346 e. The fraction of sp³-hybridized carbons (Fsp3) is 0.556. The average Bonchev–Trinajstić information content (AvgIpc) is 2.85. The minimum Gasteiger partial charge on any atom is -0.311 e. The van der Waals surface area contributed by atoms with Crippen LogP contribution in [0.3, 0.4) is 0 Å². The van der Waals surface area contributed by atoms with Crippen LogP contribution >= 0.6 is 11.3 Å². The molecule has 3 heteroatoms. The molecule has 2 heterocycles. The van der Waals surface area contributed by atoms with E-state index in [2.05, 4.69) is 60.6 Å². The van der Waals surface area contributed by atoms with Crippen LogP contribution < -0.4 is 5.32 Å². The molecule has 0 bridgehead atoms. The van der Waals surface area contributed by atoms with Crippen molar-refractivity contribution in [3.63, 3.8) is 0 Å². The Balaban J connectivity index is 1.73. The molecular formula is C18H26N2S. The summed E-state index contributed by atoms with van der Waals surface area (Å²) in [5.41, 5.74) is 1.49. The van der Waals surface area contributed by atoms with Crippen LogP contribution in [0.25, 0.3) is 10.1 Å². The molecule has 0 amide bonds. The Morgan fingerprint density at radius 2 is 2.14 bits per heavy atom. The van der Waals surface area contributed by atoms with Crippen LogP contribution in [-0.4, -0.2) is 30.1 Å². The van der Waals surface area contributed by atoms with Gasteiger partial charge in [-0.25, -0.2) is 0 Å². The number of piperazine rings is 1. The smallest absolute Gasteiger partial charge is 0.0346 e. The van der Waals surface area contributed by atoms with E-state index >= 15 is 0 Å². The van der Waals surface area contributed by atoms with E-state index in [0.717, 1.165) is 19.0 Å². The van der Waals surface area contributed by atoms with Gasteiger partial charge in [0.25, 0.3) is 0 Å². The first kappa shape index (κ1) is 15.0. The van der Waals surface area contributed by atoms with Crippen molar-refractivity contribution in [2.75, 3.05) is 13.1 Å². The van der Waals surface area contributed by atoms with Gasteiger partial charge in [0.05, 0.1) is 0 Å². The van der Waals surface area contributed by atoms with Crippen LogP contribution in [0.1, 0.15) is 32.8 Å². The van der Waals surface area contributed by atoms with Crippen molar-refractivity contribution < 1.29 is 0 Å². The highest BCUT2D eigenvalue weighted by Crippen LogP contribution is 2.27. The van der Waals surface area contributed by atoms with Crippen molar-refractivity contribution in [1.82, 2.24) is 10.2 Å². The monoisotopic (exact) mass is 302 g/mol. The molecule has 0 aliphatic carbocycles. The van der Waals surface area contributed by atoms with Crippen LogP contribution in [-0.2, 0) is 6.54 Å². The summed E-state index contributed by atoms with van der Waals surface area (Å²) in [5.74, 6) is 0.764. The molecule has 1 aliphatic heterocycles. The molecule has 2 nitrogen and oxygen atoms in total. The first-order chi connectivity index (χ1) is 10.1.